The third-order valence-electron chi connectivity index (χ3n) is 4.81. The topological polar surface area (TPSA) is 88.7 Å². The van der Waals surface area contributed by atoms with Gasteiger partial charge in [-0.25, -0.2) is 4.68 Å². The number of nitrogens with one attached hydrogen (secondary N) is 2. The van der Waals surface area contributed by atoms with E-state index in [9.17, 15) is 4.79 Å². The number of rotatable bonds is 5. The van der Waals surface area contributed by atoms with Crippen molar-refractivity contribution in [2.24, 2.45) is 0 Å². The molecule has 3 aromatic heterocycles. The highest BCUT2D eigenvalue weighted by molar-refractivity contribution is 5.93. The lowest BCUT2D eigenvalue weighted by molar-refractivity contribution is 0.0935. The molecule has 7 heteroatoms. The van der Waals surface area contributed by atoms with E-state index >= 15 is 0 Å². The van der Waals surface area contributed by atoms with Gasteiger partial charge in [-0.3, -0.25) is 9.89 Å². The van der Waals surface area contributed by atoms with Crippen molar-refractivity contribution < 1.29 is 9.21 Å². The average molecular weight is 389 g/mol. The maximum Gasteiger partial charge on any atom is 0.272 e. The Bertz CT molecular complexity index is 1150. The first-order valence-corrected chi connectivity index (χ1v) is 9.47. The molecule has 0 radical (unpaired) electrons. The normalized spacial score (nSPS) is 12.1. The van der Waals surface area contributed by atoms with Gasteiger partial charge in [-0.05, 0) is 63.6 Å². The van der Waals surface area contributed by atoms with Gasteiger partial charge in [0.25, 0.3) is 5.91 Å². The van der Waals surface area contributed by atoms with Crippen LogP contribution in [0.15, 0.2) is 52.9 Å². The summed E-state index contributed by atoms with van der Waals surface area (Å²) in [6, 6.07) is 15.3. The summed E-state index contributed by atoms with van der Waals surface area (Å²) < 4.78 is 7.47. The van der Waals surface area contributed by atoms with E-state index in [0.717, 1.165) is 28.4 Å². The van der Waals surface area contributed by atoms with Gasteiger partial charge in [0, 0.05) is 11.8 Å². The highest BCUT2D eigenvalue weighted by Gasteiger charge is 2.16. The molecule has 0 bridgehead atoms. The molecule has 2 N–H and O–H groups in total. The Labute approximate surface area is 168 Å². The molecule has 0 spiro atoms. The quantitative estimate of drug-likeness (QED) is 0.533. The molecule has 1 atom stereocenters. The first-order chi connectivity index (χ1) is 13.9. The monoisotopic (exact) mass is 389 g/mol. The SMILES string of the molecule is Cc1cc(C)n(-c2ccc(C(C)NC(=O)c3cc(-c4ccc(C)o4)[nH]n3)cc2)n1. The van der Waals surface area contributed by atoms with Gasteiger partial charge in [0.05, 0.1) is 17.4 Å². The van der Waals surface area contributed by atoms with Crippen LogP contribution in [0.25, 0.3) is 17.1 Å². The molecule has 0 fully saturated rings. The number of hydrogen-bond acceptors (Lipinski definition) is 4. The summed E-state index contributed by atoms with van der Waals surface area (Å²) in [7, 11) is 0. The number of H-pyrrole nitrogens is 1. The predicted molar refractivity (Wildman–Crippen MR) is 110 cm³/mol. The number of benzene rings is 1. The molecule has 4 rings (SSSR count). The standard InChI is InChI=1S/C22H23N5O2/c1-13-11-14(2)27(26-13)18-8-6-17(7-9-18)16(4)23-22(28)20-12-19(24-25-20)21-10-5-15(3)29-21/h5-12,16H,1-4H3,(H,23,28)(H,24,25). The minimum Gasteiger partial charge on any atom is -0.460 e. The van der Waals surface area contributed by atoms with E-state index in [0.29, 0.717) is 17.1 Å². The zero-order valence-electron chi connectivity index (χ0n) is 16.9. The second kappa shape index (κ2) is 7.43. The molecule has 29 heavy (non-hydrogen) atoms. The number of amides is 1. The molecule has 1 unspecified atom stereocenters. The number of hydrogen-bond donors (Lipinski definition) is 2. The second-order valence-corrected chi connectivity index (χ2v) is 7.20. The van der Waals surface area contributed by atoms with Crippen LogP contribution in [0.4, 0.5) is 0 Å². The van der Waals surface area contributed by atoms with Gasteiger partial charge in [0.2, 0.25) is 0 Å². The fourth-order valence-electron chi connectivity index (χ4n) is 3.29. The number of aryl methyl sites for hydroxylation is 3. The average Bonchev–Trinajstić information content (AvgIpc) is 3.41. The number of furan rings is 1. The Morgan fingerprint density at radius 3 is 2.48 bits per heavy atom. The third-order valence-corrected chi connectivity index (χ3v) is 4.81. The van der Waals surface area contributed by atoms with Crippen LogP contribution in [0.3, 0.4) is 0 Å². The molecule has 0 aliphatic rings. The Hall–Kier alpha value is -3.61. The smallest absolute Gasteiger partial charge is 0.272 e. The van der Waals surface area contributed by atoms with Crippen molar-refractivity contribution in [3.8, 4) is 17.1 Å². The lowest BCUT2D eigenvalue weighted by atomic mass is 10.1. The summed E-state index contributed by atoms with van der Waals surface area (Å²) in [6.07, 6.45) is 0. The van der Waals surface area contributed by atoms with Gasteiger partial charge in [0.15, 0.2) is 11.5 Å². The van der Waals surface area contributed by atoms with E-state index in [2.05, 4.69) is 20.6 Å². The molecule has 0 aliphatic heterocycles. The minimum atomic E-state index is -0.245. The molecular weight excluding hydrogens is 366 g/mol. The highest BCUT2D eigenvalue weighted by atomic mass is 16.3. The largest absolute Gasteiger partial charge is 0.460 e. The van der Waals surface area contributed by atoms with Gasteiger partial charge >= 0.3 is 0 Å². The maximum atomic E-state index is 12.6. The Balaban J connectivity index is 1.45. The first kappa shape index (κ1) is 18.7. The van der Waals surface area contributed by atoms with E-state index in [4.69, 9.17) is 4.42 Å². The molecule has 7 nitrogen and oxygen atoms in total. The molecule has 0 saturated carbocycles. The molecular formula is C22H23N5O2. The van der Waals surface area contributed by atoms with E-state index in [-0.39, 0.29) is 11.9 Å². The summed E-state index contributed by atoms with van der Waals surface area (Å²) in [5, 5.41) is 14.4. The van der Waals surface area contributed by atoms with E-state index in [1.165, 1.54) is 0 Å². The molecule has 1 amide bonds. The van der Waals surface area contributed by atoms with Gasteiger partial charge in [0.1, 0.15) is 11.5 Å². The molecule has 1 aromatic carbocycles. The van der Waals surface area contributed by atoms with Crippen LogP contribution in [-0.4, -0.2) is 25.9 Å². The van der Waals surface area contributed by atoms with Crippen LogP contribution >= 0.6 is 0 Å². The van der Waals surface area contributed by atoms with Gasteiger partial charge in [-0.15, -0.1) is 0 Å². The van der Waals surface area contributed by atoms with Crippen molar-refractivity contribution >= 4 is 5.91 Å². The van der Waals surface area contributed by atoms with Crippen molar-refractivity contribution in [2.75, 3.05) is 0 Å². The lowest BCUT2D eigenvalue weighted by Crippen LogP contribution is -2.26. The van der Waals surface area contributed by atoms with Crippen LogP contribution in [0.5, 0.6) is 0 Å². The third kappa shape index (κ3) is 3.85. The molecule has 4 aromatic rings. The number of aromatic amines is 1. The molecule has 0 saturated heterocycles. The fraction of sp³-hybridized carbons (Fsp3) is 0.227. The Kier molecular flexibility index (Phi) is 4.80. The van der Waals surface area contributed by atoms with Crippen molar-refractivity contribution in [1.29, 1.82) is 0 Å². The van der Waals surface area contributed by atoms with Crippen LogP contribution < -0.4 is 5.32 Å². The van der Waals surface area contributed by atoms with Gasteiger partial charge < -0.3 is 9.73 Å². The van der Waals surface area contributed by atoms with E-state index in [1.807, 2.05) is 74.8 Å². The number of nitrogens with zero attached hydrogens (tertiary/aromatic N) is 3. The van der Waals surface area contributed by atoms with Gasteiger partial charge in [-0.1, -0.05) is 12.1 Å². The summed E-state index contributed by atoms with van der Waals surface area (Å²) in [4.78, 5) is 12.6. The number of aromatic nitrogens is 4. The Morgan fingerprint density at radius 2 is 1.86 bits per heavy atom. The van der Waals surface area contributed by atoms with E-state index in [1.54, 1.807) is 6.07 Å². The summed E-state index contributed by atoms with van der Waals surface area (Å²) >= 11 is 0. The summed E-state index contributed by atoms with van der Waals surface area (Å²) in [6.45, 7) is 7.82. The van der Waals surface area contributed by atoms with Crippen molar-refractivity contribution in [3.05, 3.63) is 76.9 Å². The predicted octanol–water partition coefficient (Wildman–Crippen LogP) is 4.27. The molecule has 0 aliphatic carbocycles. The molecule has 148 valence electrons. The summed E-state index contributed by atoms with van der Waals surface area (Å²) in [5.74, 6) is 1.21. The van der Waals surface area contributed by atoms with Crippen molar-refractivity contribution in [2.45, 2.75) is 33.7 Å². The highest BCUT2D eigenvalue weighted by Crippen LogP contribution is 2.21. The Morgan fingerprint density at radius 1 is 1.10 bits per heavy atom. The molecule has 3 heterocycles. The number of carbonyl (C=O) groups excluding carboxylic acids is 1. The van der Waals surface area contributed by atoms with E-state index < -0.39 is 0 Å². The lowest BCUT2D eigenvalue weighted by Gasteiger charge is -2.14. The van der Waals surface area contributed by atoms with Crippen molar-refractivity contribution in [1.82, 2.24) is 25.3 Å². The van der Waals surface area contributed by atoms with Crippen LogP contribution in [0.2, 0.25) is 0 Å². The van der Waals surface area contributed by atoms with Gasteiger partial charge in [-0.2, -0.15) is 10.2 Å². The maximum absolute atomic E-state index is 12.6. The first-order valence-electron chi connectivity index (χ1n) is 9.47. The zero-order valence-corrected chi connectivity index (χ0v) is 16.9. The minimum absolute atomic E-state index is 0.164. The second-order valence-electron chi connectivity index (χ2n) is 7.20. The van der Waals surface area contributed by atoms with Crippen LogP contribution in [0.1, 0.15) is 46.2 Å². The van der Waals surface area contributed by atoms with Crippen molar-refractivity contribution in [3.63, 3.8) is 0 Å². The van der Waals surface area contributed by atoms with Crippen LogP contribution in [-0.2, 0) is 0 Å². The fourth-order valence-corrected chi connectivity index (χ4v) is 3.29. The summed E-state index contributed by atoms with van der Waals surface area (Å²) in [5.41, 5.74) is 5.04. The number of carbonyl (C=O) groups is 1. The van der Waals surface area contributed by atoms with Crippen LogP contribution in [0, 0.1) is 20.8 Å². The zero-order chi connectivity index (χ0) is 20.5.